The maximum Gasteiger partial charge on any atom is 0.0471 e. The summed E-state index contributed by atoms with van der Waals surface area (Å²) in [6, 6.07) is 3.88. The Morgan fingerprint density at radius 1 is 1.73 bits per heavy atom. The normalized spacial score (nSPS) is 13.4. The van der Waals surface area contributed by atoms with Crippen molar-refractivity contribution in [3.63, 3.8) is 0 Å². The maximum atomic E-state index is 8.64. The number of aliphatic hydroxyl groups is 1. The number of rotatable bonds is 3. The van der Waals surface area contributed by atoms with Crippen LogP contribution in [0.1, 0.15) is 18.2 Å². The van der Waals surface area contributed by atoms with Crippen molar-refractivity contribution in [3.8, 4) is 0 Å². The zero-order chi connectivity index (χ0) is 8.27. The van der Waals surface area contributed by atoms with E-state index in [-0.39, 0.29) is 12.6 Å². The minimum atomic E-state index is -0.0417. The second-order valence-corrected chi connectivity index (χ2v) is 2.66. The van der Waals surface area contributed by atoms with Gasteiger partial charge in [-0.3, -0.25) is 0 Å². The van der Waals surface area contributed by atoms with E-state index in [4.69, 9.17) is 10.8 Å². The molecule has 11 heavy (non-hydrogen) atoms. The zero-order valence-electron chi connectivity index (χ0n) is 6.70. The minimum Gasteiger partial charge on any atom is -0.396 e. The molecule has 0 aliphatic rings. The van der Waals surface area contributed by atoms with Crippen LogP contribution in [0.15, 0.2) is 18.3 Å². The standard InChI is InChI=1S/C8H14N2O/c1-10-5-2-3-8(10)7(9)4-6-11/h2-3,5,7,11H,4,6,9H2,1H3. The molecule has 0 aromatic carbocycles. The molecule has 3 nitrogen and oxygen atoms in total. The van der Waals surface area contributed by atoms with E-state index in [9.17, 15) is 0 Å². The van der Waals surface area contributed by atoms with E-state index in [1.54, 1.807) is 0 Å². The van der Waals surface area contributed by atoms with E-state index in [0.717, 1.165) is 5.69 Å². The molecular weight excluding hydrogens is 140 g/mol. The lowest BCUT2D eigenvalue weighted by molar-refractivity contribution is 0.275. The van der Waals surface area contributed by atoms with Gasteiger partial charge in [0.1, 0.15) is 0 Å². The van der Waals surface area contributed by atoms with Gasteiger partial charge in [-0.2, -0.15) is 0 Å². The van der Waals surface area contributed by atoms with Crippen molar-refractivity contribution in [1.82, 2.24) is 4.57 Å². The lowest BCUT2D eigenvalue weighted by atomic mass is 10.1. The summed E-state index contributed by atoms with van der Waals surface area (Å²) in [5.74, 6) is 0. The summed E-state index contributed by atoms with van der Waals surface area (Å²) in [4.78, 5) is 0. The molecule has 0 saturated carbocycles. The molecule has 3 N–H and O–H groups in total. The number of aromatic nitrogens is 1. The van der Waals surface area contributed by atoms with Crippen LogP contribution in [0.2, 0.25) is 0 Å². The second kappa shape index (κ2) is 3.55. The predicted octanol–water partition coefficient (Wildman–Crippen LogP) is 0.407. The van der Waals surface area contributed by atoms with Gasteiger partial charge in [0.05, 0.1) is 0 Å². The van der Waals surface area contributed by atoms with Crippen molar-refractivity contribution < 1.29 is 5.11 Å². The van der Waals surface area contributed by atoms with Gasteiger partial charge >= 0.3 is 0 Å². The molecule has 1 unspecified atom stereocenters. The summed E-state index contributed by atoms with van der Waals surface area (Å²) in [6.45, 7) is 0.145. The largest absolute Gasteiger partial charge is 0.396 e. The smallest absolute Gasteiger partial charge is 0.0471 e. The van der Waals surface area contributed by atoms with Gasteiger partial charge < -0.3 is 15.4 Å². The van der Waals surface area contributed by atoms with Gasteiger partial charge in [-0.05, 0) is 18.6 Å². The fraction of sp³-hybridized carbons (Fsp3) is 0.500. The first-order chi connectivity index (χ1) is 5.25. The van der Waals surface area contributed by atoms with Crippen LogP contribution in [0.5, 0.6) is 0 Å². The van der Waals surface area contributed by atoms with Crippen molar-refractivity contribution >= 4 is 0 Å². The third-order valence-corrected chi connectivity index (χ3v) is 1.80. The number of nitrogens with two attached hydrogens (primary N) is 1. The highest BCUT2D eigenvalue weighted by Gasteiger charge is 2.06. The first-order valence-corrected chi connectivity index (χ1v) is 3.73. The molecule has 0 bridgehead atoms. The lowest BCUT2D eigenvalue weighted by Crippen LogP contribution is -2.14. The number of hydrogen-bond acceptors (Lipinski definition) is 2. The Labute approximate surface area is 66.4 Å². The monoisotopic (exact) mass is 154 g/mol. The Balaban J connectivity index is 2.67. The van der Waals surface area contributed by atoms with Crippen LogP contribution in [-0.2, 0) is 7.05 Å². The van der Waals surface area contributed by atoms with Crippen LogP contribution in [-0.4, -0.2) is 16.3 Å². The van der Waals surface area contributed by atoms with Gasteiger partial charge in [-0.25, -0.2) is 0 Å². The van der Waals surface area contributed by atoms with Gasteiger partial charge in [0.2, 0.25) is 0 Å². The first kappa shape index (κ1) is 8.30. The molecule has 62 valence electrons. The molecule has 1 rings (SSSR count). The Hall–Kier alpha value is -0.800. The number of hydrogen-bond donors (Lipinski definition) is 2. The van der Waals surface area contributed by atoms with Gasteiger partial charge in [0.15, 0.2) is 0 Å². The van der Waals surface area contributed by atoms with Gasteiger partial charge in [-0.15, -0.1) is 0 Å². The van der Waals surface area contributed by atoms with Crippen molar-refractivity contribution in [2.75, 3.05) is 6.61 Å². The summed E-state index contributed by atoms with van der Waals surface area (Å²) in [7, 11) is 1.95. The molecule has 1 atom stereocenters. The average Bonchev–Trinajstić information content (AvgIpc) is 2.36. The highest BCUT2D eigenvalue weighted by atomic mass is 16.3. The summed E-state index contributed by atoms with van der Waals surface area (Å²) in [5.41, 5.74) is 6.84. The topological polar surface area (TPSA) is 51.2 Å². The Bertz CT molecular complexity index is 220. The number of aliphatic hydroxyl groups excluding tert-OH is 1. The molecule has 0 spiro atoms. The van der Waals surface area contributed by atoms with Gasteiger partial charge in [0.25, 0.3) is 0 Å². The quantitative estimate of drug-likeness (QED) is 0.662. The second-order valence-electron chi connectivity index (χ2n) is 2.66. The molecule has 1 aromatic rings. The Morgan fingerprint density at radius 3 is 2.91 bits per heavy atom. The van der Waals surface area contributed by atoms with Crippen molar-refractivity contribution in [2.45, 2.75) is 12.5 Å². The molecular formula is C8H14N2O. The molecule has 3 heteroatoms. The SMILES string of the molecule is Cn1cccc1C(N)CCO. The fourth-order valence-corrected chi connectivity index (χ4v) is 1.15. The van der Waals surface area contributed by atoms with E-state index in [2.05, 4.69) is 0 Å². The molecule has 0 radical (unpaired) electrons. The number of nitrogens with zero attached hydrogens (tertiary/aromatic N) is 1. The van der Waals surface area contributed by atoms with E-state index in [0.29, 0.717) is 6.42 Å². The zero-order valence-corrected chi connectivity index (χ0v) is 6.70. The molecule has 1 heterocycles. The Morgan fingerprint density at radius 2 is 2.45 bits per heavy atom. The third kappa shape index (κ3) is 1.82. The molecule has 0 aliphatic heterocycles. The van der Waals surface area contributed by atoms with E-state index in [1.807, 2.05) is 29.9 Å². The molecule has 0 amide bonds. The summed E-state index contributed by atoms with van der Waals surface area (Å²) >= 11 is 0. The third-order valence-electron chi connectivity index (χ3n) is 1.80. The van der Waals surface area contributed by atoms with Crippen LogP contribution in [0.3, 0.4) is 0 Å². The summed E-state index contributed by atoms with van der Waals surface area (Å²) in [5, 5.41) is 8.64. The molecule has 0 fully saturated rings. The van der Waals surface area contributed by atoms with Crippen LogP contribution < -0.4 is 5.73 Å². The van der Waals surface area contributed by atoms with E-state index < -0.39 is 0 Å². The molecule has 0 aliphatic carbocycles. The minimum absolute atomic E-state index is 0.0417. The summed E-state index contributed by atoms with van der Waals surface area (Å²) < 4.78 is 1.97. The van der Waals surface area contributed by atoms with Crippen molar-refractivity contribution in [2.24, 2.45) is 12.8 Å². The van der Waals surface area contributed by atoms with Gasteiger partial charge in [-0.1, -0.05) is 0 Å². The first-order valence-electron chi connectivity index (χ1n) is 3.73. The van der Waals surface area contributed by atoms with Crippen molar-refractivity contribution in [3.05, 3.63) is 24.0 Å². The average molecular weight is 154 g/mol. The van der Waals surface area contributed by atoms with Crippen molar-refractivity contribution in [1.29, 1.82) is 0 Å². The Kier molecular flexibility index (Phi) is 2.68. The van der Waals surface area contributed by atoms with E-state index in [1.165, 1.54) is 0 Å². The van der Waals surface area contributed by atoms with Crippen LogP contribution in [0.4, 0.5) is 0 Å². The maximum absolute atomic E-state index is 8.64. The van der Waals surface area contributed by atoms with Gasteiger partial charge in [0, 0.05) is 31.6 Å². The van der Waals surface area contributed by atoms with E-state index >= 15 is 0 Å². The number of aryl methyl sites for hydroxylation is 1. The van der Waals surface area contributed by atoms with Crippen LogP contribution in [0, 0.1) is 0 Å². The predicted molar refractivity (Wildman–Crippen MR) is 44.0 cm³/mol. The highest BCUT2D eigenvalue weighted by Crippen LogP contribution is 2.12. The van der Waals surface area contributed by atoms with Crippen LogP contribution in [0.25, 0.3) is 0 Å². The summed E-state index contributed by atoms with van der Waals surface area (Å²) in [6.07, 6.45) is 2.57. The molecule has 1 aromatic heterocycles. The molecule has 0 saturated heterocycles. The lowest BCUT2D eigenvalue weighted by Gasteiger charge is -2.10. The fourth-order valence-electron chi connectivity index (χ4n) is 1.15. The highest BCUT2D eigenvalue weighted by molar-refractivity contribution is 5.10. The van der Waals surface area contributed by atoms with Crippen LogP contribution >= 0.6 is 0 Å².